The van der Waals surface area contributed by atoms with Gasteiger partial charge in [0.2, 0.25) is 0 Å². The normalized spacial score (nSPS) is 11.4. The summed E-state index contributed by atoms with van der Waals surface area (Å²) in [4.78, 5) is 21.6. The second-order valence-electron chi connectivity index (χ2n) is 8.23. The Hall–Kier alpha value is 1.75. The Morgan fingerprint density at radius 3 is 0.857 bits per heavy atom. The van der Waals surface area contributed by atoms with Crippen LogP contribution in [-0.4, -0.2) is 63.6 Å². The average Bonchev–Trinajstić information content (AvgIpc) is 2.62. The van der Waals surface area contributed by atoms with E-state index >= 15 is 0 Å². The fraction of sp³-hybridized carbons (Fsp3) is 1.00. The minimum absolute atomic E-state index is 1.10. The van der Waals surface area contributed by atoms with Crippen molar-refractivity contribution in [1.29, 1.82) is 0 Å². The SMILES string of the molecule is CCCCCCCCCCCCCCCCCCCCC[CH2][K].O=P(O)(O)O. The molecular weight excluding hydrogens is 398 g/mol. The van der Waals surface area contributed by atoms with E-state index in [1.54, 1.807) is 0.515 Å². The maximum Gasteiger partial charge on any atom is 0.466 e. The first kappa shape index (κ1) is 31.9. The summed E-state index contributed by atoms with van der Waals surface area (Å²) in [5, 5.41) is 0. The van der Waals surface area contributed by atoms with E-state index in [2.05, 4.69) is 6.92 Å². The van der Waals surface area contributed by atoms with Crippen LogP contribution in [-0.2, 0) is 4.57 Å². The minimum atomic E-state index is -4.64. The molecule has 0 aliphatic rings. The van der Waals surface area contributed by atoms with E-state index in [-0.39, 0.29) is 0 Å². The molecule has 6 heteroatoms. The van der Waals surface area contributed by atoms with E-state index in [1.165, 1.54) is 128 Å². The third-order valence-electron chi connectivity index (χ3n) is 5.21. The van der Waals surface area contributed by atoms with Gasteiger partial charge in [-0.1, -0.05) is 64.7 Å². The molecule has 0 saturated carbocycles. The molecule has 166 valence electrons. The number of unbranched alkanes of at least 4 members (excludes halogenated alkanes) is 19. The van der Waals surface area contributed by atoms with Crippen molar-refractivity contribution in [2.45, 2.75) is 136 Å². The molecule has 0 bridgehead atoms. The maximum absolute atomic E-state index is 8.88. The van der Waals surface area contributed by atoms with Gasteiger partial charge in [0.05, 0.1) is 0 Å². The zero-order valence-corrected chi connectivity index (χ0v) is 23.1. The quantitative estimate of drug-likeness (QED) is 0.103. The second kappa shape index (κ2) is 26.8. The van der Waals surface area contributed by atoms with Gasteiger partial charge in [0.15, 0.2) is 0 Å². The van der Waals surface area contributed by atoms with Crippen molar-refractivity contribution < 1.29 is 19.2 Å². The van der Waals surface area contributed by atoms with Crippen molar-refractivity contribution >= 4 is 56.8 Å². The van der Waals surface area contributed by atoms with Gasteiger partial charge in [-0.05, 0) is 0 Å². The zero-order chi connectivity index (χ0) is 21.3. The van der Waals surface area contributed by atoms with Gasteiger partial charge in [-0.2, -0.15) is 0 Å². The molecule has 0 aliphatic carbocycles. The minimum Gasteiger partial charge on any atom is -0.303 e. The van der Waals surface area contributed by atoms with Crippen LogP contribution >= 0.6 is 7.82 Å². The van der Waals surface area contributed by atoms with Crippen molar-refractivity contribution in [1.82, 2.24) is 0 Å². The first-order valence-electron chi connectivity index (χ1n) is 12.2. The number of hydrogen-bond donors (Lipinski definition) is 3. The van der Waals surface area contributed by atoms with E-state index in [0.717, 1.165) is 49.0 Å². The van der Waals surface area contributed by atoms with Gasteiger partial charge in [0.1, 0.15) is 0 Å². The Bertz CT molecular complexity index is 295. The smallest absolute Gasteiger partial charge is 0.303 e. The molecular formula is C22H48KO4P. The van der Waals surface area contributed by atoms with E-state index in [1.807, 2.05) is 0 Å². The molecule has 0 aromatic carbocycles. The van der Waals surface area contributed by atoms with E-state index in [4.69, 9.17) is 19.2 Å². The second-order valence-corrected chi connectivity index (χ2v) is 10.8. The molecule has 0 aromatic rings. The van der Waals surface area contributed by atoms with Gasteiger partial charge in [-0.25, -0.2) is 4.57 Å². The molecule has 28 heavy (non-hydrogen) atoms. The summed E-state index contributed by atoms with van der Waals surface area (Å²) >= 11 is 1.10. The Labute approximate surface area is 209 Å². The van der Waals surface area contributed by atoms with Crippen molar-refractivity contribution in [2.75, 3.05) is 0 Å². The predicted molar refractivity (Wildman–Crippen MR) is 123 cm³/mol. The van der Waals surface area contributed by atoms with Crippen LogP contribution in [0.1, 0.15) is 135 Å². The van der Waals surface area contributed by atoms with Crippen molar-refractivity contribution in [3.63, 3.8) is 0 Å². The summed E-state index contributed by atoms with van der Waals surface area (Å²) in [7, 11) is -4.64. The number of phosphoric acid groups is 1. The summed E-state index contributed by atoms with van der Waals surface area (Å²) in [6.07, 6.45) is 29.8. The summed E-state index contributed by atoms with van der Waals surface area (Å²) in [5.41, 5.74) is 0. The fourth-order valence-electron chi connectivity index (χ4n) is 3.51. The number of hydrogen-bond acceptors (Lipinski definition) is 1. The summed E-state index contributed by atoms with van der Waals surface area (Å²) < 4.78 is 10.4. The third-order valence-corrected chi connectivity index (χ3v) is 6.31. The Kier molecular flexibility index (Phi) is 30.5. The molecule has 0 saturated heterocycles. The molecule has 0 aliphatic heterocycles. The van der Waals surface area contributed by atoms with Crippen LogP contribution in [0.4, 0.5) is 0 Å². The molecule has 4 nitrogen and oxygen atoms in total. The Balaban J connectivity index is 0. The monoisotopic (exact) mass is 446 g/mol. The van der Waals surface area contributed by atoms with Gasteiger partial charge >= 0.3 is 128 Å². The molecule has 0 atom stereocenters. The molecule has 3 N–H and O–H groups in total. The molecule has 0 aromatic heterocycles. The van der Waals surface area contributed by atoms with Gasteiger partial charge < -0.3 is 14.7 Å². The van der Waals surface area contributed by atoms with Crippen molar-refractivity contribution in [2.24, 2.45) is 0 Å². The van der Waals surface area contributed by atoms with E-state index < -0.39 is 7.82 Å². The van der Waals surface area contributed by atoms with Crippen LogP contribution in [0.25, 0.3) is 0 Å². The predicted octanol–water partition coefficient (Wildman–Crippen LogP) is 7.47. The standard InChI is InChI=1S/C22H45.K.H3O4P/c1-3-5-7-9-11-13-15-17-19-21-22-20-18-16-14-12-10-8-6-4-2;;1-5(2,3)4/h1,3-22H2,2H3;;(H3,1,2,3,4). The average molecular weight is 447 g/mol. The first-order valence-corrected chi connectivity index (χ1v) is 16.0. The largest absolute Gasteiger partial charge is 0.466 e. The van der Waals surface area contributed by atoms with Crippen LogP contribution < -0.4 is 0 Å². The Morgan fingerprint density at radius 2 is 0.679 bits per heavy atom. The van der Waals surface area contributed by atoms with Crippen LogP contribution in [0.5, 0.6) is 0 Å². The zero-order valence-electron chi connectivity index (χ0n) is 19.0. The van der Waals surface area contributed by atoms with Crippen LogP contribution in [0.3, 0.4) is 0 Å². The van der Waals surface area contributed by atoms with E-state index in [9.17, 15) is 0 Å². The molecule has 0 rings (SSSR count). The Morgan fingerprint density at radius 1 is 0.500 bits per heavy atom. The summed E-state index contributed by atoms with van der Waals surface area (Å²) in [6, 6.07) is 0. The van der Waals surface area contributed by atoms with Crippen LogP contribution in [0.2, 0.25) is 0.515 Å². The van der Waals surface area contributed by atoms with Gasteiger partial charge in [0.25, 0.3) is 0 Å². The van der Waals surface area contributed by atoms with E-state index in [0.29, 0.717) is 0 Å². The molecule has 0 unspecified atom stereocenters. The third kappa shape index (κ3) is 42.0. The molecule has 0 spiro atoms. The van der Waals surface area contributed by atoms with Gasteiger partial charge in [-0.15, -0.1) is 0 Å². The van der Waals surface area contributed by atoms with Gasteiger partial charge in [0, 0.05) is 0 Å². The van der Waals surface area contributed by atoms with Crippen LogP contribution in [0, 0.1) is 0 Å². The topological polar surface area (TPSA) is 77.8 Å². The van der Waals surface area contributed by atoms with Crippen LogP contribution in [0.15, 0.2) is 0 Å². The van der Waals surface area contributed by atoms with Crippen molar-refractivity contribution in [3.8, 4) is 0 Å². The maximum atomic E-state index is 8.88. The molecule has 0 fully saturated rings. The fourth-order valence-corrected chi connectivity index (χ4v) is 4.29. The molecule has 0 amide bonds. The first-order chi connectivity index (χ1) is 13.4. The summed E-state index contributed by atoms with van der Waals surface area (Å²) in [6.45, 7) is 2.30. The van der Waals surface area contributed by atoms with Crippen molar-refractivity contribution in [3.05, 3.63) is 0 Å². The van der Waals surface area contributed by atoms with Gasteiger partial charge in [-0.3, -0.25) is 0 Å². The molecule has 0 heterocycles. The number of rotatable bonds is 20. The molecule has 0 radical (unpaired) electrons. The summed E-state index contributed by atoms with van der Waals surface area (Å²) in [5.74, 6) is 0.